The molecule has 0 aliphatic carbocycles. The molecule has 6 heteroatoms. The Bertz CT molecular complexity index is 1060. The summed E-state index contributed by atoms with van der Waals surface area (Å²) in [4.78, 5) is 21.0. The number of amides is 1. The number of carbonyl (C=O) groups excluding carboxylic acids is 1. The number of rotatable bonds is 10. The third kappa shape index (κ3) is 15.9. The standard InChI is InChI=1S/C22H37N3O2.C13H19N/c1-9-11-12-23-18(4)20(17(3)10-2)19(5)24-13-15-25(16-14-24)21(26)27-22(6,7)8;1-4-6-7-9-13(11-14)10-12(3)8-5-2/h10-12H,9,13-16H2,1-8H3;6-7,9-10H,4-5,8H2,1-3H3/b12-11+,17-10-,20-19+,23-18+;7-6+,12-10+,13-9+. The molecule has 0 atom stereocenters. The molecule has 1 saturated heterocycles. The van der Waals surface area contributed by atoms with Crippen molar-refractivity contribution in [2.75, 3.05) is 26.2 Å². The molecule has 228 valence electrons. The molecular formula is C35H56N4O2. The smallest absolute Gasteiger partial charge is 0.410 e. The van der Waals surface area contributed by atoms with Gasteiger partial charge in [0.1, 0.15) is 5.60 Å². The first-order chi connectivity index (χ1) is 19.3. The summed E-state index contributed by atoms with van der Waals surface area (Å²) >= 11 is 0. The van der Waals surface area contributed by atoms with Crippen molar-refractivity contribution in [3.8, 4) is 6.07 Å². The zero-order chi connectivity index (χ0) is 31.4. The number of piperazine rings is 1. The maximum Gasteiger partial charge on any atom is 0.410 e. The Balaban J connectivity index is 0.000000964. The van der Waals surface area contributed by atoms with Crippen LogP contribution in [0.2, 0.25) is 0 Å². The van der Waals surface area contributed by atoms with E-state index < -0.39 is 5.60 Å². The van der Waals surface area contributed by atoms with E-state index in [9.17, 15) is 4.79 Å². The molecular weight excluding hydrogens is 508 g/mol. The molecule has 0 spiro atoms. The first-order valence-corrected chi connectivity index (χ1v) is 15.1. The van der Waals surface area contributed by atoms with Crippen LogP contribution in [0.25, 0.3) is 0 Å². The Labute approximate surface area is 251 Å². The summed E-state index contributed by atoms with van der Waals surface area (Å²) in [6.07, 6.45) is 17.8. The van der Waals surface area contributed by atoms with Crippen molar-refractivity contribution in [3.05, 3.63) is 70.6 Å². The molecule has 1 heterocycles. The molecule has 0 aromatic rings. The van der Waals surface area contributed by atoms with E-state index in [-0.39, 0.29) is 6.09 Å². The minimum atomic E-state index is -0.459. The fraction of sp³-hybridized carbons (Fsp3) is 0.571. The van der Waals surface area contributed by atoms with Crippen molar-refractivity contribution < 1.29 is 9.53 Å². The van der Waals surface area contributed by atoms with Crippen molar-refractivity contribution in [1.82, 2.24) is 9.80 Å². The molecule has 1 rings (SSSR count). The molecule has 1 amide bonds. The first-order valence-electron chi connectivity index (χ1n) is 15.1. The van der Waals surface area contributed by atoms with Gasteiger partial charge in [-0.1, -0.05) is 57.1 Å². The Kier molecular flexibility index (Phi) is 18.9. The van der Waals surface area contributed by atoms with Gasteiger partial charge in [-0.25, -0.2) is 4.79 Å². The average molecular weight is 565 g/mol. The van der Waals surface area contributed by atoms with Crippen molar-refractivity contribution in [3.63, 3.8) is 0 Å². The SMILES string of the molecule is CC/C=C/C=C(C#N)\C=C(/C)CCC.C\C=C(C)/C(C(/C)=N/C=C/CC)=C(/C)N1CCN(C(=O)OC(C)(C)C)CC1. The highest BCUT2D eigenvalue weighted by Crippen LogP contribution is 2.22. The lowest BCUT2D eigenvalue weighted by Crippen LogP contribution is -2.49. The van der Waals surface area contributed by atoms with Gasteiger partial charge in [0.05, 0.1) is 11.6 Å². The van der Waals surface area contributed by atoms with E-state index in [2.05, 4.69) is 83.5 Å². The summed E-state index contributed by atoms with van der Waals surface area (Å²) in [5.74, 6) is 0. The quantitative estimate of drug-likeness (QED) is 0.151. The summed E-state index contributed by atoms with van der Waals surface area (Å²) in [5, 5.41) is 8.85. The first kappa shape index (κ1) is 37.7. The third-order valence-corrected chi connectivity index (χ3v) is 6.39. The van der Waals surface area contributed by atoms with Crippen molar-refractivity contribution in [1.29, 1.82) is 5.26 Å². The number of carbonyl (C=O) groups is 1. The molecule has 0 aromatic heterocycles. The summed E-state index contributed by atoms with van der Waals surface area (Å²) in [7, 11) is 0. The largest absolute Gasteiger partial charge is 0.444 e. The number of aliphatic imine (C=N–C) groups is 1. The number of nitrogens with zero attached hydrogens (tertiary/aromatic N) is 4. The lowest BCUT2D eigenvalue weighted by atomic mass is 10.00. The average Bonchev–Trinajstić information content (AvgIpc) is 2.92. The predicted octanol–water partition coefficient (Wildman–Crippen LogP) is 9.31. The van der Waals surface area contributed by atoms with Crippen LogP contribution < -0.4 is 0 Å². The molecule has 0 bridgehead atoms. The predicted molar refractivity (Wildman–Crippen MR) is 176 cm³/mol. The van der Waals surface area contributed by atoms with Crippen LogP contribution in [-0.4, -0.2) is 53.4 Å². The van der Waals surface area contributed by atoms with Crippen LogP contribution in [0.3, 0.4) is 0 Å². The van der Waals surface area contributed by atoms with E-state index in [0.717, 1.165) is 50.1 Å². The number of hydrogen-bond donors (Lipinski definition) is 0. The second-order valence-electron chi connectivity index (χ2n) is 11.2. The summed E-state index contributed by atoms with van der Waals surface area (Å²) < 4.78 is 5.49. The van der Waals surface area contributed by atoms with Crippen LogP contribution in [0.5, 0.6) is 0 Å². The maximum atomic E-state index is 12.3. The van der Waals surface area contributed by atoms with E-state index in [0.29, 0.717) is 13.1 Å². The highest BCUT2D eigenvalue weighted by atomic mass is 16.6. The molecule has 0 radical (unpaired) electrons. The van der Waals surface area contributed by atoms with Crippen LogP contribution >= 0.6 is 0 Å². The zero-order valence-electron chi connectivity index (χ0n) is 27.8. The van der Waals surface area contributed by atoms with Crippen LogP contribution in [0.15, 0.2) is 75.6 Å². The Morgan fingerprint density at radius 1 is 0.976 bits per heavy atom. The highest BCUT2D eigenvalue weighted by molar-refractivity contribution is 6.02. The van der Waals surface area contributed by atoms with Gasteiger partial charge in [0, 0.05) is 49.4 Å². The Morgan fingerprint density at radius 2 is 1.56 bits per heavy atom. The summed E-state index contributed by atoms with van der Waals surface area (Å²) in [5.41, 5.74) is 6.17. The second-order valence-corrected chi connectivity index (χ2v) is 11.2. The van der Waals surface area contributed by atoms with Gasteiger partial charge in [-0.15, -0.1) is 0 Å². The summed E-state index contributed by atoms with van der Waals surface area (Å²) in [6, 6.07) is 2.18. The monoisotopic (exact) mass is 564 g/mol. The lowest BCUT2D eigenvalue weighted by Gasteiger charge is -2.38. The van der Waals surface area contributed by atoms with Crippen molar-refractivity contribution in [2.45, 2.75) is 107 Å². The highest BCUT2D eigenvalue weighted by Gasteiger charge is 2.26. The maximum absolute atomic E-state index is 12.3. The van der Waals surface area contributed by atoms with Crippen LogP contribution in [0.4, 0.5) is 4.79 Å². The van der Waals surface area contributed by atoms with E-state index in [1.165, 1.54) is 22.4 Å². The Morgan fingerprint density at radius 3 is 2.05 bits per heavy atom. The van der Waals surface area contributed by atoms with Crippen molar-refractivity contribution >= 4 is 11.8 Å². The van der Waals surface area contributed by atoms with Crippen molar-refractivity contribution in [2.24, 2.45) is 4.99 Å². The van der Waals surface area contributed by atoms with E-state index in [4.69, 9.17) is 10.00 Å². The van der Waals surface area contributed by atoms with Gasteiger partial charge in [-0.3, -0.25) is 4.99 Å². The zero-order valence-corrected chi connectivity index (χ0v) is 27.8. The Hall–Kier alpha value is -3.33. The van der Waals surface area contributed by atoms with Gasteiger partial charge in [0.2, 0.25) is 0 Å². The minimum absolute atomic E-state index is 0.226. The summed E-state index contributed by atoms with van der Waals surface area (Å²) in [6.45, 7) is 25.4. The molecule has 0 saturated carbocycles. The van der Waals surface area contributed by atoms with Gasteiger partial charge in [0.15, 0.2) is 0 Å². The van der Waals surface area contributed by atoms with Gasteiger partial charge < -0.3 is 14.5 Å². The van der Waals surface area contributed by atoms with E-state index in [1.807, 2.05) is 51.3 Å². The number of hydrogen-bond acceptors (Lipinski definition) is 5. The fourth-order valence-corrected chi connectivity index (χ4v) is 4.18. The van der Waals surface area contributed by atoms with Crippen LogP contribution in [0.1, 0.15) is 102 Å². The molecule has 41 heavy (non-hydrogen) atoms. The van der Waals surface area contributed by atoms with E-state index >= 15 is 0 Å². The van der Waals surface area contributed by atoms with Gasteiger partial charge in [0.25, 0.3) is 0 Å². The van der Waals surface area contributed by atoms with E-state index in [1.54, 1.807) is 4.90 Å². The molecule has 0 aromatic carbocycles. The van der Waals surface area contributed by atoms with Gasteiger partial charge in [-0.2, -0.15) is 5.26 Å². The molecule has 6 nitrogen and oxygen atoms in total. The third-order valence-electron chi connectivity index (χ3n) is 6.39. The number of ether oxygens (including phenoxy) is 1. The number of nitriles is 1. The molecule has 0 N–H and O–H groups in total. The van der Waals surface area contributed by atoms with Crippen LogP contribution in [0, 0.1) is 11.3 Å². The fourth-order valence-electron chi connectivity index (χ4n) is 4.18. The lowest BCUT2D eigenvalue weighted by molar-refractivity contribution is 0.0168. The number of allylic oxidation sites excluding steroid dienone is 11. The van der Waals surface area contributed by atoms with Gasteiger partial charge >= 0.3 is 6.09 Å². The topological polar surface area (TPSA) is 68.9 Å². The second kappa shape index (κ2) is 20.5. The molecule has 1 aliphatic rings. The minimum Gasteiger partial charge on any atom is -0.444 e. The molecule has 0 unspecified atom stereocenters. The van der Waals surface area contributed by atoms with Crippen LogP contribution in [-0.2, 0) is 4.74 Å². The van der Waals surface area contributed by atoms with Gasteiger partial charge in [-0.05, 0) is 92.4 Å². The molecule has 1 fully saturated rings. The normalized spacial score (nSPS) is 16.4. The molecule has 1 aliphatic heterocycles.